The van der Waals surface area contributed by atoms with E-state index in [-0.39, 0.29) is 30.8 Å². The third-order valence-corrected chi connectivity index (χ3v) is 3.84. The zero-order valence-electron chi connectivity index (χ0n) is 11.4. The van der Waals surface area contributed by atoms with Crippen LogP contribution in [0, 0.1) is 0 Å². The Kier molecular flexibility index (Phi) is 3.37. The van der Waals surface area contributed by atoms with Gasteiger partial charge < -0.3 is 10.0 Å². The number of benzene rings is 1. The quantitative estimate of drug-likeness (QED) is 0.813. The summed E-state index contributed by atoms with van der Waals surface area (Å²) in [7, 11) is 0. The van der Waals surface area contributed by atoms with Crippen molar-refractivity contribution in [3.63, 3.8) is 0 Å². The second kappa shape index (κ2) is 5.20. The highest BCUT2D eigenvalue weighted by molar-refractivity contribution is 6.08. The molecular formula is C15H16N2O4. The van der Waals surface area contributed by atoms with Crippen LogP contribution in [0.15, 0.2) is 30.3 Å². The van der Waals surface area contributed by atoms with Gasteiger partial charge in [0.15, 0.2) is 0 Å². The number of amides is 2. The fourth-order valence-corrected chi connectivity index (χ4v) is 2.74. The number of carboxylic acid groups (broad SMARTS) is 1. The summed E-state index contributed by atoms with van der Waals surface area (Å²) in [6.45, 7) is -0.299. The molecule has 0 bridgehead atoms. The molecule has 1 aromatic rings. The van der Waals surface area contributed by atoms with E-state index in [9.17, 15) is 14.4 Å². The van der Waals surface area contributed by atoms with Gasteiger partial charge in [0.05, 0.1) is 6.42 Å². The summed E-state index contributed by atoms with van der Waals surface area (Å²) < 4.78 is 0. The Balaban J connectivity index is 1.88. The monoisotopic (exact) mass is 288 g/mol. The summed E-state index contributed by atoms with van der Waals surface area (Å²) in [4.78, 5) is 38.4. The molecule has 21 heavy (non-hydrogen) atoms. The second-order valence-electron chi connectivity index (χ2n) is 5.41. The maximum Gasteiger partial charge on any atom is 0.323 e. The predicted molar refractivity (Wildman–Crippen MR) is 74.7 cm³/mol. The molecule has 1 N–H and O–H groups in total. The van der Waals surface area contributed by atoms with Gasteiger partial charge in [0.25, 0.3) is 5.91 Å². The molecule has 0 spiro atoms. The molecule has 1 saturated heterocycles. The molecule has 1 unspecified atom stereocenters. The van der Waals surface area contributed by atoms with Crippen molar-refractivity contribution in [3.05, 3.63) is 30.3 Å². The number of anilines is 1. The zero-order valence-corrected chi connectivity index (χ0v) is 11.4. The van der Waals surface area contributed by atoms with Crippen LogP contribution in [0.4, 0.5) is 5.69 Å². The van der Waals surface area contributed by atoms with Crippen LogP contribution >= 0.6 is 0 Å². The van der Waals surface area contributed by atoms with Crippen molar-refractivity contribution < 1.29 is 19.5 Å². The average Bonchev–Trinajstić information content (AvgIpc) is 3.24. The van der Waals surface area contributed by atoms with E-state index in [4.69, 9.17) is 5.11 Å². The van der Waals surface area contributed by atoms with Gasteiger partial charge in [0.1, 0.15) is 12.6 Å². The van der Waals surface area contributed by atoms with Gasteiger partial charge in [-0.15, -0.1) is 0 Å². The molecule has 110 valence electrons. The van der Waals surface area contributed by atoms with Crippen LogP contribution in [0.3, 0.4) is 0 Å². The lowest BCUT2D eigenvalue weighted by atomic mass is 10.1. The molecule has 1 aromatic carbocycles. The van der Waals surface area contributed by atoms with Gasteiger partial charge in [-0.3, -0.25) is 19.3 Å². The van der Waals surface area contributed by atoms with Gasteiger partial charge in [-0.05, 0) is 25.0 Å². The molecule has 2 fully saturated rings. The molecule has 6 nitrogen and oxygen atoms in total. The number of hydrogen-bond acceptors (Lipinski definition) is 4. The predicted octanol–water partition coefficient (Wildman–Crippen LogP) is 0.867. The highest BCUT2D eigenvalue weighted by Crippen LogP contribution is 2.34. The van der Waals surface area contributed by atoms with E-state index in [0.29, 0.717) is 5.69 Å². The maximum absolute atomic E-state index is 12.5. The van der Waals surface area contributed by atoms with Gasteiger partial charge in [-0.1, -0.05) is 18.2 Å². The first-order valence-electron chi connectivity index (χ1n) is 6.97. The second-order valence-corrected chi connectivity index (χ2v) is 5.41. The molecule has 0 aromatic heterocycles. The van der Waals surface area contributed by atoms with Crippen LogP contribution in [-0.2, 0) is 14.4 Å². The molecule has 2 amide bonds. The lowest BCUT2D eigenvalue weighted by molar-refractivity contribution is -0.139. The van der Waals surface area contributed by atoms with Crippen LogP contribution in [0.2, 0.25) is 0 Å². The Labute approximate surface area is 122 Å². The Morgan fingerprint density at radius 1 is 1.24 bits per heavy atom. The minimum atomic E-state index is -1.02. The molecule has 1 aliphatic carbocycles. The third-order valence-electron chi connectivity index (χ3n) is 3.84. The summed E-state index contributed by atoms with van der Waals surface area (Å²) in [6.07, 6.45) is 1.76. The smallest absolute Gasteiger partial charge is 0.323 e. The third kappa shape index (κ3) is 2.61. The number of likely N-dealkylation sites (tertiary alicyclic amines) is 1. The topological polar surface area (TPSA) is 77.9 Å². The van der Waals surface area contributed by atoms with E-state index in [1.54, 1.807) is 24.3 Å². The van der Waals surface area contributed by atoms with Crippen molar-refractivity contribution in [1.82, 2.24) is 4.90 Å². The lowest BCUT2D eigenvalue weighted by Gasteiger charge is -2.28. The van der Waals surface area contributed by atoms with Crippen molar-refractivity contribution in [3.8, 4) is 0 Å². The standard InChI is InChI=1S/C15H16N2O4/c18-13-8-12(15(21)17(13)11-6-7-11)16(9-14(19)20)10-4-2-1-3-5-10/h1-5,11-12H,6-9H2,(H,19,20). The molecule has 0 radical (unpaired) electrons. The Hall–Kier alpha value is -2.37. The van der Waals surface area contributed by atoms with Crippen LogP contribution < -0.4 is 4.90 Å². The number of hydrogen-bond donors (Lipinski definition) is 1. The summed E-state index contributed by atoms with van der Waals surface area (Å²) in [5, 5.41) is 9.09. The number of nitrogens with zero attached hydrogens (tertiary/aromatic N) is 2. The fourth-order valence-electron chi connectivity index (χ4n) is 2.74. The number of rotatable bonds is 5. The van der Waals surface area contributed by atoms with E-state index in [1.807, 2.05) is 6.07 Å². The molecule has 1 atom stereocenters. The molecular weight excluding hydrogens is 272 g/mol. The Bertz CT molecular complexity index is 583. The highest BCUT2D eigenvalue weighted by atomic mass is 16.4. The first-order chi connectivity index (χ1) is 10.1. The van der Waals surface area contributed by atoms with Crippen molar-refractivity contribution >= 4 is 23.5 Å². The van der Waals surface area contributed by atoms with Crippen molar-refractivity contribution in [1.29, 1.82) is 0 Å². The molecule has 2 aliphatic rings. The molecule has 1 saturated carbocycles. The van der Waals surface area contributed by atoms with Gasteiger partial charge in [-0.2, -0.15) is 0 Å². The number of carbonyl (C=O) groups excluding carboxylic acids is 2. The van der Waals surface area contributed by atoms with E-state index in [2.05, 4.69) is 0 Å². The van der Waals surface area contributed by atoms with Crippen LogP contribution in [0.1, 0.15) is 19.3 Å². The minimum Gasteiger partial charge on any atom is -0.480 e. The first-order valence-corrected chi connectivity index (χ1v) is 6.97. The summed E-state index contributed by atoms with van der Waals surface area (Å²) in [5.41, 5.74) is 0.642. The van der Waals surface area contributed by atoms with Gasteiger partial charge >= 0.3 is 5.97 Å². The first kappa shape index (κ1) is 13.6. The average molecular weight is 288 g/mol. The van der Waals surface area contributed by atoms with Gasteiger partial charge in [-0.25, -0.2) is 0 Å². The number of imide groups is 1. The van der Waals surface area contributed by atoms with E-state index in [0.717, 1.165) is 12.8 Å². The van der Waals surface area contributed by atoms with Crippen LogP contribution in [0.25, 0.3) is 0 Å². The Morgan fingerprint density at radius 2 is 1.90 bits per heavy atom. The molecule has 1 aliphatic heterocycles. The number of carbonyl (C=O) groups is 3. The maximum atomic E-state index is 12.5. The van der Waals surface area contributed by atoms with E-state index in [1.165, 1.54) is 9.80 Å². The fraction of sp³-hybridized carbons (Fsp3) is 0.400. The highest BCUT2D eigenvalue weighted by Gasteiger charge is 2.48. The number of carboxylic acids is 1. The summed E-state index contributed by atoms with van der Waals surface area (Å²) in [5.74, 6) is -1.49. The normalized spacial score (nSPS) is 21.7. The molecule has 6 heteroatoms. The lowest BCUT2D eigenvalue weighted by Crippen LogP contribution is -2.45. The minimum absolute atomic E-state index is 0.0254. The zero-order chi connectivity index (χ0) is 15.0. The van der Waals surface area contributed by atoms with E-state index < -0.39 is 12.0 Å². The van der Waals surface area contributed by atoms with Crippen LogP contribution in [0.5, 0.6) is 0 Å². The van der Waals surface area contributed by atoms with Crippen molar-refractivity contribution in [2.24, 2.45) is 0 Å². The van der Waals surface area contributed by atoms with Crippen LogP contribution in [-0.4, -0.2) is 46.4 Å². The summed E-state index contributed by atoms with van der Waals surface area (Å²) >= 11 is 0. The molecule has 1 heterocycles. The molecule has 3 rings (SSSR count). The number of aliphatic carboxylic acids is 1. The van der Waals surface area contributed by atoms with Crippen molar-refractivity contribution in [2.75, 3.05) is 11.4 Å². The number of para-hydroxylation sites is 1. The largest absolute Gasteiger partial charge is 0.480 e. The van der Waals surface area contributed by atoms with Gasteiger partial charge in [0, 0.05) is 11.7 Å². The summed E-state index contributed by atoms with van der Waals surface area (Å²) in [6, 6.07) is 8.20. The van der Waals surface area contributed by atoms with E-state index >= 15 is 0 Å². The SMILES string of the molecule is O=C(O)CN(c1ccccc1)C1CC(=O)N(C2CC2)C1=O. The Morgan fingerprint density at radius 3 is 2.48 bits per heavy atom. The van der Waals surface area contributed by atoms with Crippen molar-refractivity contribution in [2.45, 2.75) is 31.3 Å². The van der Waals surface area contributed by atoms with Gasteiger partial charge in [0.2, 0.25) is 5.91 Å².